The van der Waals surface area contributed by atoms with E-state index >= 15 is 0 Å². The predicted molar refractivity (Wildman–Crippen MR) is 134 cm³/mol. The zero-order chi connectivity index (χ0) is 22.8. The van der Waals surface area contributed by atoms with Crippen molar-refractivity contribution in [2.24, 2.45) is 0 Å². The number of hydrogen-bond acceptors (Lipinski definition) is 2. The van der Waals surface area contributed by atoms with Crippen LogP contribution in [0.15, 0.2) is 48.5 Å². The van der Waals surface area contributed by atoms with Crippen LogP contribution < -0.4 is 16.0 Å². The van der Waals surface area contributed by atoms with Crippen LogP contribution in [0.2, 0.25) is 0 Å². The summed E-state index contributed by atoms with van der Waals surface area (Å²) in [7, 11) is 0. The van der Waals surface area contributed by atoms with E-state index in [4.69, 9.17) is 0 Å². The third-order valence-corrected chi connectivity index (χ3v) is 6.59. The van der Waals surface area contributed by atoms with Gasteiger partial charge in [0.25, 0.3) is 0 Å². The van der Waals surface area contributed by atoms with Gasteiger partial charge in [-0.2, -0.15) is 0 Å². The Bertz CT molecular complexity index is 770. The summed E-state index contributed by atoms with van der Waals surface area (Å²) in [5.41, 5.74) is 5.20. The van der Waals surface area contributed by atoms with Gasteiger partial charge >= 0.3 is 6.03 Å². The summed E-state index contributed by atoms with van der Waals surface area (Å²) < 4.78 is 0. The minimum absolute atomic E-state index is 0.0340. The smallest absolute Gasteiger partial charge is 0.315 e. The molecule has 174 valence electrons. The zero-order valence-corrected chi connectivity index (χ0v) is 20.1. The van der Waals surface area contributed by atoms with Crippen LogP contribution in [0.25, 0.3) is 0 Å². The maximum atomic E-state index is 12.4. The Morgan fingerprint density at radius 1 is 0.906 bits per heavy atom. The highest BCUT2D eigenvalue weighted by Gasteiger charge is 2.33. The first-order valence-electron chi connectivity index (χ1n) is 12.5. The van der Waals surface area contributed by atoms with Crippen LogP contribution in [0.1, 0.15) is 80.0 Å². The molecule has 0 radical (unpaired) electrons. The molecule has 1 aliphatic rings. The molecule has 1 heterocycles. The third-order valence-electron chi connectivity index (χ3n) is 6.59. The highest BCUT2D eigenvalue weighted by molar-refractivity contribution is 5.74. The molecule has 32 heavy (non-hydrogen) atoms. The van der Waals surface area contributed by atoms with Crippen molar-refractivity contribution in [3.05, 3.63) is 70.8 Å². The number of benzene rings is 2. The number of rotatable bonds is 11. The van der Waals surface area contributed by atoms with Gasteiger partial charge in [0.2, 0.25) is 0 Å². The summed E-state index contributed by atoms with van der Waals surface area (Å²) in [4.78, 5) is 12.4. The first-order chi connectivity index (χ1) is 15.6. The van der Waals surface area contributed by atoms with Gasteiger partial charge in [-0.15, -0.1) is 0 Å². The standard InChI is InChI=1S/C28H41N3O/c1-4-5-6-7-8-9-18-29-28(32)31-25-19-26(30-20-25)27(23-14-10-21(2)11-15-23)24-16-12-22(3)13-17-24/h10-17,25-27,30H,4-9,18-20H2,1-3H3,(H2,29,31,32)/t25-,26-/m1/s1. The van der Waals surface area contributed by atoms with E-state index in [9.17, 15) is 4.79 Å². The summed E-state index contributed by atoms with van der Waals surface area (Å²) in [6.45, 7) is 8.06. The van der Waals surface area contributed by atoms with E-state index in [1.807, 2.05) is 0 Å². The Kier molecular flexibility index (Phi) is 9.61. The molecule has 1 saturated heterocycles. The first-order valence-corrected chi connectivity index (χ1v) is 12.5. The fraction of sp³-hybridized carbons (Fsp3) is 0.536. The molecular weight excluding hydrogens is 394 g/mol. The van der Waals surface area contributed by atoms with E-state index in [2.05, 4.69) is 85.3 Å². The summed E-state index contributed by atoms with van der Waals surface area (Å²) in [5.74, 6) is 0.272. The van der Waals surface area contributed by atoms with Gasteiger partial charge in [0.1, 0.15) is 0 Å². The second-order valence-corrected chi connectivity index (χ2v) is 9.41. The van der Waals surface area contributed by atoms with Crippen molar-refractivity contribution in [3.63, 3.8) is 0 Å². The lowest BCUT2D eigenvalue weighted by atomic mass is 9.83. The number of aryl methyl sites for hydroxylation is 2. The second kappa shape index (κ2) is 12.6. The molecular formula is C28H41N3O. The Morgan fingerprint density at radius 3 is 2.06 bits per heavy atom. The van der Waals surface area contributed by atoms with Crippen molar-refractivity contribution in [2.45, 2.75) is 83.7 Å². The molecule has 4 nitrogen and oxygen atoms in total. The van der Waals surface area contributed by atoms with Gasteiger partial charge in [-0.1, -0.05) is 98.7 Å². The van der Waals surface area contributed by atoms with Crippen LogP contribution in [0, 0.1) is 13.8 Å². The molecule has 2 aromatic rings. The molecule has 0 aliphatic carbocycles. The minimum atomic E-state index is -0.0340. The van der Waals surface area contributed by atoms with Gasteiger partial charge in [0.15, 0.2) is 0 Å². The largest absolute Gasteiger partial charge is 0.338 e. The monoisotopic (exact) mass is 435 g/mol. The van der Waals surface area contributed by atoms with Gasteiger partial charge in [-0.05, 0) is 37.8 Å². The normalized spacial score (nSPS) is 18.1. The fourth-order valence-electron chi connectivity index (χ4n) is 4.68. The van der Waals surface area contributed by atoms with Crippen molar-refractivity contribution in [1.29, 1.82) is 0 Å². The van der Waals surface area contributed by atoms with Crippen LogP contribution in [-0.2, 0) is 0 Å². The quantitative estimate of drug-likeness (QED) is 0.389. The first kappa shape index (κ1) is 24.3. The molecule has 0 saturated carbocycles. The van der Waals surface area contributed by atoms with Gasteiger partial charge in [0.05, 0.1) is 0 Å². The zero-order valence-electron chi connectivity index (χ0n) is 20.1. The SMILES string of the molecule is CCCCCCCCNC(=O)N[C@H]1CN[C@@H](C(c2ccc(C)cc2)c2ccc(C)cc2)C1. The molecule has 4 heteroatoms. The van der Waals surface area contributed by atoms with E-state index < -0.39 is 0 Å². The summed E-state index contributed by atoms with van der Waals surface area (Å²) in [6.07, 6.45) is 8.35. The van der Waals surface area contributed by atoms with Crippen molar-refractivity contribution in [2.75, 3.05) is 13.1 Å². The molecule has 0 bridgehead atoms. The molecule has 0 aromatic heterocycles. The predicted octanol–water partition coefficient (Wildman–Crippen LogP) is 5.83. The molecule has 2 amide bonds. The van der Waals surface area contributed by atoms with E-state index in [1.165, 1.54) is 54.4 Å². The molecule has 1 aliphatic heterocycles. The number of amides is 2. The third kappa shape index (κ3) is 7.37. The average Bonchev–Trinajstić information content (AvgIpc) is 3.23. The van der Waals surface area contributed by atoms with Gasteiger partial charge in [-0.25, -0.2) is 4.79 Å². The number of unbranched alkanes of at least 4 members (excludes halogenated alkanes) is 5. The minimum Gasteiger partial charge on any atom is -0.338 e. The number of carbonyl (C=O) groups excluding carboxylic acids is 1. The van der Waals surface area contributed by atoms with Crippen molar-refractivity contribution in [3.8, 4) is 0 Å². The van der Waals surface area contributed by atoms with Crippen molar-refractivity contribution in [1.82, 2.24) is 16.0 Å². The van der Waals surface area contributed by atoms with Gasteiger partial charge in [0, 0.05) is 31.1 Å². The summed E-state index contributed by atoms with van der Waals surface area (Å²) in [6, 6.07) is 18.2. The van der Waals surface area contributed by atoms with Crippen LogP contribution in [-0.4, -0.2) is 31.2 Å². The lowest BCUT2D eigenvalue weighted by molar-refractivity contribution is 0.237. The number of carbonyl (C=O) groups is 1. The van der Waals surface area contributed by atoms with Crippen LogP contribution in [0.5, 0.6) is 0 Å². The van der Waals surface area contributed by atoms with E-state index in [1.54, 1.807) is 0 Å². The average molecular weight is 436 g/mol. The molecule has 3 N–H and O–H groups in total. The Labute approximate surface area is 194 Å². The molecule has 0 spiro atoms. The molecule has 0 unspecified atom stereocenters. The lowest BCUT2D eigenvalue weighted by Crippen LogP contribution is -2.43. The van der Waals surface area contributed by atoms with Gasteiger partial charge < -0.3 is 16.0 Å². The van der Waals surface area contributed by atoms with Crippen LogP contribution in [0.3, 0.4) is 0 Å². The molecule has 2 atom stereocenters. The van der Waals surface area contributed by atoms with E-state index in [0.717, 1.165) is 25.9 Å². The van der Waals surface area contributed by atoms with E-state index in [-0.39, 0.29) is 18.0 Å². The van der Waals surface area contributed by atoms with E-state index in [0.29, 0.717) is 6.04 Å². The lowest BCUT2D eigenvalue weighted by Gasteiger charge is -2.25. The molecule has 3 rings (SSSR count). The highest BCUT2D eigenvalue weighted by atomic mass is 16.2. The number of hydrogen-bond donors (Lipinski definition) is 3. The Morgan fingerprint density at radius 2 is 1.47 bits per heavy atom. The number of nitrogens with one attached hydrogen (secondary N) is 3. The van der Waals surface area contributed by atoms with Crippen molar-refractivity contribution < 1.29 is 4.79 Å². The molecule has 2 aromatic carbocycles. The second-order valence-electron chi connectivity index (χ2n) is 9.41. The van der Waals surface area contributed by atoms with Crippen molar-refractivity contribution >= 4 is 6.03 Å². The maximum Gasteiger partial charge on any atom is 0.315 e. The summed E-state index contributed by atoms with van der Waals surface area (Å²) >= 11 is 0. The number of urea groups is 1. The topological polar surface area (TPSA) is 53.2 Å². The highest BCUT2D eigenvalue weighted by Crippen LogP contribution is 2.32. The molecule has 1 fully saturated rings. The fourth-order valence-corrected chi connectivity index (χ4v) is 4.68. The Hall–Kier alpha value is -2.33. The summed E-state index contributed by atoms with van der Waals surface area (Å²) in [5, 5.41) is 9.92. The van der Waals surface area contributed by atoms with Crippen LogP contribution in [0.4, 0.5) is 4.79 Å². The Balaban J connectivity index is 1.53. The maximum absolute atomic E-state index is 12.4. The van der Waals surface area contributed by atoms with Gasteiger partial charge in [-0.3, -0.25) is 0 Å². The van der Waals surface area contributed by atoms with Crippen LogP contribution >= 0.6 is 0 Å².